The van der Waals surface area contributed by atoms with Gasteiger partial charge in [0.25, 0.3) is 0 Å². The Hall–Kier alpha value is -0.220. The van der Waals surface area contributed by atoms with E-state index < -0.39 is 5.92 Å². The number of rotatable bonds is 4. The molecular weight excluding hydrogens is 186 g/mol. The highest BCUT2D eigenvalue weighted by Crippen LogP contribution is 2.18. The number of hydrogen-bond donors (Lipinski definition) is 1. The number of halogens is 2. The first-order valence-electron chi connectivity index (χ1n) is 5.28. The molecule has 1 aliphatic rings. The smallest absolute Gasteiger partial charge is 0.246 e. The summed E-state index contributed by atoms with van der Waals surface area (Å²) in [7, 11) is 1.95. The first-order chi connectivity index (χ1) is 6.49. The molecule has 1 aliphatic heterocycles. The lowest BCUT2D eigenvalue weighted by Crippen LogP contribution is -2.42. The Labute approximate surface area is 84.7 Å². The third-order valence-electron chi connectivity index (χ3n) is 2.84. The van der Waals surface area contributed by atoms with Crippen LogP contribution >= 0.6 is 0 Å². The molecule has 0 spiro atoms. The van der Waals surface area contributed by atoms with Gasteiger partial charge in [-0.15, -0.1) is 0 Å². The van der Waals surface area contributed by atoms with E-state index in [1.165, 1.54) is 0 Å². The lowest BCUT2D eigenvalue weighted by atomic mass is 10.0. The molecule has 1 N–H and O–H groups in total. The molecule has 1 heterocycles. The zero-order valence-electron chi connectivity index (χ0n) is 9.02. The van der Waals surface area contributed by atoms with Crippen molar-refractivity contribution in [3.05, 3.63) is 0 Å². The van der Waals surface area contributed by atoms with Gasteiger partial charge in [-0.2, -0.15) is 0 Å². The standard InChI is InChI=1S/C10H20F2N2/c1-10(11,12)5-8-14(2)9-3-6-13-7-4-9/h9,13H,3-8H2,1-2H3. The van der Waals surface area contributed by atoms with E-state index in [1.807, 2.05) is 7.05 Å². The molecule has 84 valence electrons. The maximum atomic E-state index is 12.6. The van der Waals surface area contributed by atoms with Crippen molar-refractivity contribution in [1.82, 2.24) is 10.2 Å². The molecule has 0 atom stereocenters. The Balaban J connectivity index is 2.23. The number of piperidine rings is 1. The average Bonchev–Trinajstić information content (AvgIpc) is 2.14. The molecule has 0 amide bonds. The topological polar surface area (TPSA) is 15.3 Å². The van der Waals surface area contributed by atoms with Gasteiger partial charge in [0.1, 0.15) is 0 Å². The molecule has 14 heavy (non-hydrogen) atoms. The Bertz CT molecular complexity index is 162. The van der Waals surface area contributed by atoms with Crippen LogP contribution < -0.4 is 5.32 Å². The summed E-state index contributed by atoms with van der Waals surface area (Å²) in [6.45, 7) is 3.51. The molecule has 0 saturated carbocycles. The van der Waals surface area contributed by atoms with Crippen LogP contribution in [0.3, 0.4) is 0 Å². The van der Waals surface area contributed by atoms with Crippen molar-refractivity contribution in [3.8, 4) is 0 Å². The van der Waals surface area contributed by atoms with Crippen LogP contribution in [0.2, 0.25) is 0 Å². The molecule has 0 aromatic rings. The van der Waals surface area contributed by atoms with Crippen LogP contribution in [0.1, 0.15) is 26.2 Å². The van der Waals surface area contributed by atoms with Gasteiger partial charge in [0.15, 0.2) is 0 Å². The van der Waals surface area contributed by atoms with Crippen molar-refractivity contribution in [2.75, 3.05) is 26.7 Å². The summed E-state index contributed by atoms with van der Waals surface area (Å²) >= 11 is 0. The highest BCUT2D eigenvalue weighted by molar-refractivity contribution is 4.76. The summed E-state index contributed by atoms with van der Waals surface area (Å²) in [5, 5.41) is 3.27. The molecule has 0 bridgehead atoms. The van der Waals surface area contributed by atoms with Gasteiger partial charge in [-0.25, -0.2) is 8.78 Å². The van der Waals surface area contributed by atoms with Crippen LogP contribution in [0.4, 0.5) is 8.78 Å². The van der Waals surface area contributed by atoms with Crippen molar-refractivity contribution in [3.63, 3.8) is 0 Å². The lowest BCUT2D eigenvalue weighted by molar-refractivity contribution is 0.000803. The molecule has 0 radical (unpaired) electrons. The second kappa shape index (κ2) is 5.03. The van der Waals surface area contributed by atoms with Crippen LogP contribution in [-0.2, 0) is 0 Å². The fourth-order valence-electron chi connectivity index (χ4n) is 1.80. The zero-order valence-corrected chi connectivity index (χ0v) is 9.02. The van der Waals surface area contributed by atoms with E-state index >= 15 is 0 Å². The van der Waals surface area contributed by atoms with E-state index in [0.717, 1.165) is 32.9 Å². The van der Waals surface area contributed by atoms with Crippen molar-refractivity contribution >= 4 is 0 Å². The Kier molecular flexibility index (Phi) is 4.26. The molecule has 0 aromatic heterocycles. The molecule has 4 heteroatoms. The summed E-state index contributed by atoms with van der Waals surface area (Å²) in [5.41, 5.74) is 0. The summed E-state index contributed by atoms with van der Waals surface area (Å²) in [4.78, 5) is 2.07. The van der Waals surface area contributed by atoms with Crippen LogP contribution in [-0.4, -0.2) is 43.5 Å². The second-order valence-electron chi connectivity index (χ2n) is 4.28. The maximum Gasteiger partial charge on any atom is 0.246 e. The third-order valence-corrected chi connectivity index (χ3v) is 2.84. The van der Waals surface area contributed by atoms with Crippen molar-refractivity contribution in [1.29, 1.82) is 0 Å². The summed E-state index contributed by atoms with van der Waals surface area (Å²) in [6.07, 6.45) is 2.12. The average molecular weight is 206 g/mol. The predicted octanol–water partition coefficient (Wildman–Crippen LogP) is 1.72. The van der Waals surface area contributed by atoms with Crippen LogP contribution in [0, 0.1) is 0 Å². The number of hydrogen-bond acceptors (Lipinski definition) is 2. The summed E-state index contributed by atoms with van der Waals surface area (Å²) < 4.78 is 25.2. The minimum atomic E-state index is -2.53. The van der Waals surface area contributed by atoms with E-state index in [-0.39, 0.29) is 6.42 Å². The van der Waals surface area contributed by atoms with E-state index in [0.29, 0.717) is 12.6 Å². The fourth-order valence-corrected chi connectivity index (χ4v) is 1.80. The number of nitrogens with one attached hydrogen (secondary N) is 1. The minimum Gasteiger partial charge on any atom is -0.317 e. The van der Waals surface area contributed by atoms with E-state index in [1.54, 1.807) is 0 Å². The SMILES string of the molecule is CN(CCC(C)(F)F)C1CCNCC1. The minimum absolute atomic E-state index is 0.0343. The third kappa shape index (κ3) is 4.33. The van der Waals surface area contributed by atoms with E-state index in [2.05, 4.69) is 10.2 Å². The Morgan fingerprint density at radius 1 is 1.36 bits per heavy atom. The van der Waals surface area contributed by atoms with Crippen molar-refractivity contribution in [2.24, 2.45) is 0 Å². The molecule has 0 aromatic carbocycles. The highest BCUT2D eigenvalue weighted by Gasteiger charge is 2.24. The zero-order chi connectivity index (χ0) is 10.6. The molecule has 1 rings (SSSR count). The molecule has 2 nitrogen and oxygen atoms in total. The second-order valence-corrected chi connectivity index (χ2v) is 4.28. The van der Waals surface area contributed by atoms with Gasteiger partial charge in [0.2, 0.25) is 5.92 Å². The fraction of sp³-hybridized carbons (Fsp3) is 1.00. The van der Waals surface area contributed by atoms with Gasteiger partial charge >= 0.3 is 0 Å². The van der Waals surface area contributed by atoms with Gasteiger partial charge in [0, 0.05) is 19.0 Å². The van der Waals surface area contributed by atoms with Crippen LogP contribution in [0.15, 0.2) is 0 Å². The van der Waals surface area contributed by atoms with Gasteiger partial charge in [-0.05, 0) is 39.9 Å². The van der Waals surface area contributed by atoms with E-state index in [4.69, 9.17) is 0 Å². The largest absolute Gasteiger partial charge is 0.317 e. The predicted molar refractivity (Wildman–Crippen MR) is 53.8 cm³/mol. The quantitative estimate of drug-likeness (QED) is 0.753. The van der Waals surface area contributed by atoms with Crippen LogP contribution in [0.5, 0.6) is 0 Å². The van der Waals surface area contributed by atoms with Crippen LogP contribution in [0.25, 0.3) is 0 Å². The van der Waals surface area contributed by atoms with Crippen molar-refractivity contribution < 1.29 is 8.78 Å². The normalized spacial score (nSPS) is 20.4. The first-order valence-corrected chi connectivity index (χ1v) is 5.28. The Morgan fingerprint density at radius 2 is 1.93 bits per heavy atom. The summed E-state index contributed by atoms with van der Waals surface area (Å²) in [6, 6.07) is 0.485. The lowest BCUT2D eigenvalue weighted by Gasteiger charge is -2.32. The summed E-state index contributed by atoms with van der Waals surface area (Å²) in [5.74, 6) is -2.53. The van der Waals surface area contributed by atoms with Gasteiger partial charge < -0.3 is 10.2 Å². The molecule has 1 saturated heterocycles. The molecule has 0 aliphatic carbocycles. The maximum absolute atomic E-state index is 12.6. The molecular formula is C10H20F2N2. The van der Waals surface area contributed by atoms with Gasteiger partial charge in [-0.1, -0.05) is 0 Å². The number of nitrogens with zero attached hydrogens (tertiary/aromatic N) is 1. The molecule has 0 unspecified atom stereocenters. The highest BCUT2D eigenvalue weighted by atomic mass is 19.3. The monoisotopic (exact) mass is 206 g/mol. The first kappa shape index (κ1) is 11.9. The van der Waals surface area contributed by atoms with Gasteiger partial charge in [-0.3, -0.25) is 0 Å². The van der Waals surface area contributed by atoms with Gasteiger partial charge in [0.05, 0.1) is 0 Å². The molecule has 1 fully saturated rings. The van der Waals surface area contributed by atoms with E-state index in [9.17, 15) is 8.78 Å². The Morgan fingerprint density at radius 3 is 2.43 bits per heavy atom. The van der Waals surface area contributed by atoms with Crippen molar-refractivity contribution in [2.45, 2.75) is 38.2 Å². The number of alkyl halides is 2.